The number of hydrogen-bond donors (Lipinski definition) is 1. The summed E-state index contributed by atoms with van der Waals surface area (Å²) < 4.78 is 0. The predicted octanol–water partition coefficient (Wildman–Crippen LogP) is 2.89. The van der Waals surface area contributed by atoms with Gasteiger partial charge in [-0.1, -0.05) is 38.5 Å². The van der Waals surface area contributed by atoms with Crippen molar-refractivity contribution in [3.05, 3.63) is 0 Å². The van der Waals surface area contributed by atoms with E-state index in [1.54, 1.807) is 0 Å². The molecular formula is C11H22N2S. The number of nitrogens with zero attached hydrogens (tertiary/aromatic N) is 1. The van der Waals surface area contributed by atoms with Crippen LogP contribution < -0.4 is 5.32 Å². The second kappa shape index (κ2) is 5.64. The molecule has 0 aromatic carbocycles. The van der Waals surface area contributed by atoms with Crippen molar-refractivity contribution in [2.24, 2.45) is 10.9 Å². The fourth-order valence-electron chi connectivity index (χ4n) is 1.78. The van der Waals surface area contributed by atoms with Crippen LogP contribution in [0.5, 0.6) is 0 Å². The van der Waals surface area contributed by atoms with Crippen LogP contribution in [0.3, 0.4) is 0 Å². The van der Waals surface area contributed by atoms with Gasteiger partial charge in [-0.2, -0.15) is 0 Å². The molecule has 1 aliphatic rings. The summed E-state index contributed by atoms with van der Waals surface area (Å²) >= 11 is 1.94. The van der Waals surface area contributed by atoms with Gasteiger partial charge in [0.1, 0.15) is 0 Å². The molecule has 0 amide bonds. The van der Waals surface area contributed by atoms with Gasteiger partial charge in [0.25, 0.3) is 0 Å². The fraction of sp³-hybridized carbons (Fsp3) is 0.909. The van der Waals surface area contributed by atoms with Gasteiger partial charge in [0.2, 0.25) is 0 Å². The topological polar surface area (TPSA) is 24.4 Å². The van der Waals surface area contributed by atoms with Crippen molar-refractivity contribution in [1.82, 2.24) is 5.32 Å². The van der Waals surface area contributed by atoms with Crippen molar-refractivity contribution < 1.29 is 0 Å². The Balaban J connectivity index is 2.37. The molecule has 0 spiro atoms. The zero-order valence-electron chi connectivity index (χ0n) is 9.71. The lowest BCUT2D eigenvalue weighted by molar-refractivity contribution is 0.479. The van der Waals surface area contributed by atoms with Crippen LogP contribution in [0.25, 0.3) is 0 Å². The van der Waals surface area contributed by atoms with Crippen molar-refractivity contribution in [2.45, 2.75) is 51.8 Å². The first-order chi connectivity index (χ1) is 6.67. The molecule has 1 unspecified atom stereocenters. The van der Waals surface area contributed by atoms with Gasteiger partial charge in [0, 0.05) is 11.3 Å². The van der Waals surface area contributed by atoms with E-state index in [-0.39, 0.29) is 0 Å². The van der Waals surface area contributed by atoms with Gasteiger partial charge in [0.05, 0.1) is 6.54 Å². The average Bonchev–Trinajstić information content (AvgIpc) is 2.54. The van der Waals surface area contributed by atoms with E-state index >= 15 is 0 Å². The molecule has 1 aliphatic heterocycles. The molecular weight excluding hydrogens is 192 g/mol. The van der Waals surface area contributed by atoms with E-state index in [4.69, 9.17) is 0 Å². The maximum absolute atomic E-state index is 4.54. The number of thioether (sulfide) groups is 1. The third-order valence-corrected chi connectivity index (χ3v) is 3.97. The van der Waals surface area contributed by atoms with E-state index in [2.05, 4.69) is 38.0 Å². The fourth-order valence-corrected chi connectivity index (χ4v) is 3.24. The quantitative estimate of drug-likeness (QED) is 0.778. The molecule has 0 radical (unpaired) electrons. The van der Waals surface area contributed by atoms with Gasteiger partial charge in [-0.25, -0.2) is 0 Å². The monoisotopic (exact) mass is 214 g/mol. The largest absolute Gasteiger partial charge is 0.363 e. The molecule has 3 heteroatoms. The van der Waals surface area contributed by atoms with Gasteiger partial charge < -0.3 is 5.32 Å². The summed E-state index contributed by atoms with van der Waals surface area (Å²) in [6.45, 7) is 9.89. The molecule has 0 saturated heterocycles. The first-order valence-corrected chi connectivity index (χ1v) is 6.52. The van der Waals surface area contributed by atoms with E-state index in [1.165, 1.54) is 12.8 Å². The van der Waals surface area contributed by atoms with Crippen molar-refractivity contribution in [3.63, 3.8) is 0 Å². The summed E-state index contributed by atoms with van der Waals surface area (Å²) in [7, 11) is 0. The van der Waals surface area contributed by atoms with Crippen LogP contribution in [0.2, 0.25) is 0 Å². The standard InChI is InChI=1S/C11H22N2S/c1-5-9(6-2)10-7-12-11(14-10)13-8(3)4/h8-10H,5-7H2,1-4H3,(H,12,13). The average molecular weight is 214 g/mol. The maximum atomic E-state index is 4.54. The molecule has 0 fully saturated rings. The molecule has 14 heavy (non-hydrogen) atoms. The SMILES string of the molecule is CCC(CC)C1CN=C(NC(C)C)S1. The Morgan fingerprint density at radius 2 is 2.07 bits per heavy atom. The number of amidine groups is 1. The summed E-state index contributed by atoms with van der Waals surface area (Å²) in [5, 5.41) is 5.25. The second-order valence-corrected chi connectivity index (χ2v) is 5.41. The molecule has 0 aliphatic carbocycles. The van der Waals surface area contributed by atoms with Gasteiger partial charge in [0.15, 0.2) is 5.17 Å². The number of nitrogens with one attached hydrogen (secondary N) is 1. The Labute approximate surface area is 92.0 Å². The molecule has 1 heterocycles. The lowest BCUT2D eigenvalue weighted by Gasteiger charge is -2.19. The smallest absolute Gasteiger partial charge is 0.157 e. The van der Waals surface area contributed by atoms with Crippen LogP contribution in [-0.4, -0.2) is 23.0 Å². The first kappa shape index (κ1) is 11.9. The van der Waals surface area contributed by atoms with E-state index in [0.717, 1.165) is 17.6 Å². The van der Waals surface area contributed by atoms with E-state index in [1.807, 2.05) is 11.8 Å². The molecule has 0 aromatic heterocycles. The van der Waals surface area contributed by atoms with Crippen LogP contribution in [0.15, 0.2) is 4.99 Å². The Kier molecular flexibility index (Phi) is 4.79. The van der Waals surface area contributed by atoms with Gasteiger partial charge in [-0.05, 0) is 19.8 Å². The normalized spacial score (nSPS) is 21.9. The minimum Gasteiger partial charge on any atom is -0.363 e. The third kappa shape index (κ3) is 3.19. The van der Waals surface area contributed by atoms with Crippen LogP contribution >= 0.6 is 11.8 Å². The minimum atomic E-state index is 0.502. The van der Waals surface area contributed by atoms with Gasteiger partial charge in [-0.15, -0.1) is 0 Å². The molecule has 2 nitrogen and oxygen atoms in total. The summed E-state index contributed by atoms with van der Waals surface area (Å²) in [6.07, 6.45) is 2.55. The molecule has 0 aromatic rings. The van der Waals surface area contributed by atoms with Crippen molar-refractivity contribution in [2.75, 3.05) is 6.54 Å². The van der Waals surface area contributed by atoms with Gasteiger partial charge in [-0.3, -0.25) is 4.99 Å². The highest BCUT2D eigenvalue weighted by atomic mass is 32.2. The Morgan fingerprint density at radius 3 is 2.57 bits per heavy atom. The van der Waals surface area contributed by atoms with E-state index < -0.39 is 0 Å². The van der Waals surface area contributed by atoms with E-state index in [9.17, 15) is 0 Å². The predicted molar refractivity (Wildman–Crippen MR) is 66.0 cm³/mol. The Bertz CT molecular complexity index is 197. The molecule has 1 rings (SSSR count). The van der Waals surface area contributed by atoms with Gasteiger partial charge >= 0.3 is 0 Å². The second-order valence-electron chi connectivity index (χ2n) is 4.18. The summed E-state index contributed by atoms with van der Waals surface area (Å²) in [6, 6.07) is 0.502. The Morgan fingerprint density at radius 1 is 1.43 bits per heavy atom. The number of hydrogen-bond acceptors (Lipinski definition) is 3. The summed E-state index contributed by atoms with van der Waals surface area (Å²) in [4.78, 5) is 4.54. The van der Waals surface area contributed by atoms with Crippen LogP contribution in [0.1, 0.15) is 40.5 Å². The molecule has 1 atom stereocenters. The van der Waals surface area contributed by atoms with Crippen LogP contribution in [-0.2, 0) is 0 Å². The molecule has 82 valence electrons. The van der Waals surface area contributed by atoms with Crippen molar-refractivity contribution >= 4 is 16.9 Å². The molecule has 1 N–H and O–H groups in total. The maximum Gasteiger partial charge on any atom is 0.157 e. The van der Waals surface area contributed by atoms with Crippen LogP contribution in [0, 0.1) is 5.92 Å². The molecule has 0 bridgehead atoms. The third-order valence-electron chi connectivity index (χ3n) is 2.66. The molecule has 0 saturated carbocycles. The van der Waals surface area contributed by atoms with E-state index in [0.29, 0.717) is 11.3 Å². The summed E-state index contributed by atoms with van der Waals surface area (Å²) in [5.74, 6) is 0.829. The highest BCUT2D eigenvalue weighted by Crippen LogP contribution is 2.30. The number of aliphatic imine (C=N–C) groups is 1. The highest BCUT2D eigenvalue weighted by Gasteiger charge is 2.25. The Hall–Kier alpha value is -0.180. The summed E-state index contributed by atoms with van der Waals surface area (Å²) in [5.41, 5.74) is 0. The van der Waals surface area contributed by atoms with Crippen molar-refractivity contribution in [3.8, 4) is 0 Å². The lowest BCUT2D eigenvalue weighted by Crippen LogP contribution is -2.27. The van der Waals surface area contributed by atoms with Crippen LogP contribution in [0.4, 0.5) is 0 Å². The lowest BCUT2D eigenvalue weighted by atomic mass is 9.99. The highest BCUT2D eigenvalue weighted by molar-refractivity contribution is 8.14. The first-order valence-electron chi connectivity index (χ1n) is 5.65. The number of rotatable bonds is 4. The minimum absolute atomic E-state index is 0.502. The zero-order valence-corrected chi connectivity index (χ0v) is 10.5. The van der Waals surface area contributed by atoms with Crippen molar-refractivity contribution in [1.29, 1.82) is 0 Å². The zero-order chi connectivity index (χ0) is 10.6.